The normalized spacial score (nSPS) is 10.3. The Morgan fingerprint density at radius 1 is 1.24 bits per heavy atom. The lowest BCUT2D eigenvalue weighted by atomic mass is 10.2. The Morgan fingerprint density at radius 2 is 2.00 bits per heavy atom. The summed E-state index contributed by atoms with van der Waals surface area (Å²) in [5.41, 5.74) is 5.59. The number of benzene rings is 2. The van der Waals surface area contributed by atoms with Crippen LogP contribution in [-0.4, -0.2) is 22.6 Å². The number of thioether (sulfide) groups is 1. The summed E-state index contributed by atoms with van der Waals surface area (Å²) in [6.07, 6.45) is 0. The Hall–Kier alpha value is -2.58. The second-order valence-electron chi connectivity index (χ2n) is 4.88. The van der Waals surface area contributed by atoms with Gasteiger partial charge in [0.2, 0.25) is 5.91 Å². The van der Waals surface area contributed by atoms with E-state index in [4.69, 9.17) is 22.1 Å². The predicted octanol–water partition coefficient (Wildman–Crippen LogP) is 3.18. The summed E-state index contributed by atoms with van der Waals surface area (Å²) in [5, 5.41) is 11.6. The number of nitro groups is 1. The van der Waals surface area contributed by atoms with Crippen LogP contribution in [0.4, 0.5) is 5.69 Å². The van der Waals surface area contributed by atoms with Crippen molar-refractivity contribution in [3.05, 3.63) is 68.7 Å². The molecule has 0 aromatic heterocycles. The van der Waals surface area contributed by atoms with E-state index >= 15 is 0 Å². The molecule has 130 valence electrons. The monoisotopic (exact) mass is 380 g/mol. The number of esters is 1. The molecule has 0 fully saturated rings. The van der Waals surface area contributed by atoms with Gasteiger partial charge < -0.3 is 10.5 Å². The zero-order valence-electron chi connectivity index (χ0n) is 12.8. The molecule has 7 nitrogen and oxygen atoms in total. The maximum atomic E-state index is 11.8. The minimum Gasteiger partial charge on any atom is -0.460 e. The van der Waals surface area contributed by atoms with Crippen LogP contribution in [-0.2, 0) is 16.1 Å². The van der Waals surface area contributed by atoms with Crippen LogP contribution in [0.3, 0.4) is 0 Å². The van der Waals surface area contributed by atoms with Crippen molar-refractivity contribution in [3.8, 4) is 0 Å². The lowest BCUT2D eigenvalue weighted by Gasteiger charge is -2.06. The van der Waals surface area contributed by atoms with Gasteiger partial charge in [-0.15, -0.1) is 11.8 Å². The number of amides is 1. The molecule has 2 rings (SSSR count). The van der Waals surface area contributed by atoms with Crippen molar-refractivity contribution in [1.82, 2.24) is 0 Å². The molecule has 0 spiro atoms. The number of hydrogen-bond acceptors (Lipinski definition) is 6. The van der Waals surface area contributed by atoms with Gasteiger partial charge in [-0.25, -0.2) is 0 Å². The Labute approximate surface area is 152 Å². The molecule has 0 aliphatic heterocycles. The number of rotatable bonds is 7. The van der Waals surface area contributed by atoms with E-state index in [-0.39, 0.29) is 28.5 Å². The molecule has 25 heavy (non-hydrogen) atoms. The van der Waals surface area contributed by atoms with Gasteiger partial charge in [0, 0.05) is 16.7 Å². The van der Waals surface area contributed by atoms with Gasteiger partial charge in [0.05, 0.1) is 15.6 Å². The van der Waals surface area contributed by atoms with E-state index in [1.54, 1.807) is 24.3 Å². The summed E-state index contributed by atoms with van der Waals surface area (Å²) >= 11 is 6.79. The van der Waals surface area contributed by atoms with Gasteiger partial charge in [-0.3, -0.25) is 19.7 Å². The first-order valence-electron chi connectivity index (χ1n) is 6.98. The summed E-state index contributed by atoms with van der Waals surface area (Å²) in [4.78, 5) is 33.6. The molecule has 0 saturated carbocycles. The quantitative estimate of drug-likeness (QED) is 0.341. The van der Waals surface area contributed by atoms with Gasteiger partial charge in [-0.1, -0.05) is 23.7 Å². The van der Waals surface area contributed by atoms with Gasteiger partial charge in [-0.2, -0.15) is 0 Å². The zero-order chi connectivity index (χ0) is 18.4. The molecule has 2 aromatic rings. The highest BCUT2D eigenvalue weighted by molar-refractivity contribution is 8.00. The molecule has 0 saturated heterocycles. The molecule has 0 radical (unpaired) electrons. The molecule has 0 heterocycles. The number of carbonyl (C=O) groups excluding carboxylic acids is 2. The largest absolute Gasteiger partial charge is 0.460 e. The molecule has 1 amide bonds. The van der Waals surface area contributed by atoms with Crippen LogP contribution in [0.25, 0.3) is 0 Å². The number of primary amides is 1. The third-order valence-electron chi connectivity index (χ3n) is 3.07. The first-order valence-corrected chi connectivity index (χ1v) is 8.34. The van der Waals surface area contributed by atoms with Crippen LogP contribution in [0.15, 0.2) is 47.4 Å². The third-order valence-corrected chi connectivity index (χ3v) is 4.35. The molecule has 2 N–H and O–H groups in total. The van der Waals surface area contributed by atoms with Crippen LogP contribution in [0.5, 0.6) is 0 Å². The van der Waals surface area contributed by atoms with Gasteiger partial charge in [0.25, 0.3) is 5.69 Å². The third kappa shape index (κ3) is 5.47. The lowest BCUT2D eigenvalue weighted by molar-refractivity contribution is -0.387. The molecule has 9 heteroatoms. The summed E-state index contributed by atoms with van der Waals surface area (Å²) in [6.45, 7) is 0.0582. The van der Waals surface area contributed by atoms with Gasteiger partial charge >= 0.3 is 5.97 Å². The van der Waals surface area contributed by atoms with E-state index < -0.39 is 16.8 Å². The average Bonchev–Trinajstić information content (AvgIpc) is 2.57. The highest BCUT2D eigenvalue weighted by atomic mass is 35.5. The van der Waals surface area contributed by atoms with Gasteiger partial charge in [0.15, 0.2) is 0 Å². The molecular weight excluding hydrogens is 368 g/mol. The summed E-state index contributed by atoms with van der Waals surface area (Å²) in [5.74, 6) is -1.41. The van der Waals surface area contributed by atoms with E-state index in [0.717, 1.165) is 23.4 Å². The van der Waals surface area contributed by atoms with E-state index in [2.05, 4.69) is 0 Å². The average molecular weight is 381 g/mol. The second kappa shape index (κ2) is 8.50. The maximum Gasteiger partial charge on any atom is 0.316 e. The fourth-order valence-corrected chi connectivity index (χ4v) is 2.92. The Balaban J connectivity index is 1.97. The van der Waals surface area contributed by atoms with Crippen molar-refractivity contribution < 1.29 is 19.2 Å². The highest BCUT2D eigenvalue weighted by Crippen LogP contribution is 2.30. The number of ether oxygens (including phenoxy) is 1. The van der Waals surface area contributed by atoms with Crippen molar-refractivity contribution in [1.29, 1.82) is 0 Å². The Bertz CT molecular complexity index is 828. The maximum absolute atomic E-state index is 11.8. The summed E-state index contributed by atoms with van der Waals surface area (Å²) in [6, 6.07) is 10.7. The van der Waals surface area contributed by atoms with Crippen molar-refractivity contribution in [2.45, 2.75) is 11.5 Å². The fraction of sp³-hybridized carbons (Fsp3) is 0.125. The van der Waals surface area contributed by atoms with Crippen LogP contribution in [0.2, 0.25) is 5.02 Å². The van der Waals surface area contributed by atoms with Crippen LogP contribution in [0.1, 0.15) is 15.9 Å². The molecule has 0 unspecified atom stereocenters. The number of hydrogen-bond donors (Lipinski definition) is 1. The van der Waals surface area contributed by atoms with Crippen LogP contribution < -0.4 is 5.73 Å². The number of halogens is 1. The van der Waals surface area contributed by atoms with Gasteiger partial charge in [0.1, 0.15) is 6.61 Å². The minimum absolute atomic E-state index is 0.0274. The van der Waals surface area contributed by atoms with Crippen LogP contribution >= 0.6 is 23.4 Å². The first-order chi connectivity index (χ1) is 11.9. The van der Waals surface area contributed by atoms with Crippen molar-refractivity contribution in [2.24, 2.45) is 5.73 Å². The topological polar surface area (TPSA) is 113 Å². The zero-order valence-corrected chi connectivity index (χ0v) is 14.4. The molecular formula is C16H13ClN2O5S. The number of nitrogens with two attached hydrogens (primary N) is 1. The SMILES string of the molecule is NC(=O)c1ccc(SCC(=O)OCc2cccc(Cl)c2)c([N+](=O)[O-])c1. The van der Waals surface area contributed by atoms with Crippen LogP contribution in [0, 0.1) is 10.1 Å². The summed E-state index contributed by atoms with van der Waals surface area (Å²) in [7, 11) is 0. The predicted molar refractivity (Wildman–Crippen MR) is 93.6 cm³/mol. The lowest BCUT2D eigenvalue weighted by Crippen LogP contribution is -2.11. The number of nitrogens with zero attached hydrogens (tertiary/aromatic N) is 1. The minimum atomic E-state index is -0.763. The van der Waals surface area contributed by atoms with E-state index in [0.29, 0.717) is 5.02 Å². The van der Waals surface area contributed by atoms with E-state index in [9.17, 15) is 19.7 Å². The van der Waals surface area contributed by atoms with E-state index in [1.165, 1.54) is 12.1 Å². The molecule has 0 aliphatic rings. The summed E-state index contributed by atoms with van der Waals surface area (Å²) < 4.78 is 5.10. The van der Waals surface area contributed by atoms with Crippen molar-refractivity contribution in [2.75, 3.05) is 5.75 Å². The smallest absolute Gasteiger partial charge is 0.316 e. The molecule has 0 aliphatic carbocycles. The standard InChI is InChI=1S/C16H13ClN2O5S/c17-12-3-1-2-10(6-12)8-24-15(20)9-25-14-5-4-11(16(18)21)7-13(14)19(22)23/h1-7H,8-9H2,(H2,18,21). The van der Waals surface area contributed by atoms with Crippen molar-refractivity contribution >= 4 is 40.9 Å². The van der Waals surface area contributed by atoms with E-state index in [1.807, 2.05) is 0 Å². The Kier molecular flexibility index (Phi) is 6.37. The Morgan fingerprint density at radius 3 is 2.64 bits per heavy atom. The van der Waals surface area contributed by atoms with Crippen molar-refractivity contribution in [3.63, 3.8) is 0 Å². The molecule has 0 atom stereocenters. The first kappa shape index (κ1) is 18.8. The second-order valence-corrected chi connectivity index (χ2v) is 6.34. The van der Waals surface area contributed by atoms with Gasteiger partial charge in [-0.05, 0) is 29.8 Å². The number of nitro benzene ring substituents is 1. The molecule has 2 aromatic carbocycles. The molecule has 0 bridgehead atoms. The highest BCUT2D eigenvalue weighted by Gasteiger charge is 2.18. The fourth-order valence-electron chi connectivity index (χ4n) is 1.90. The number of carbonyl (C=O) groups is 2.